The first-order chi connectivity index (χ1) is 16.0. The van der Waals surface area contributed by atoms with Gasteiger partial charge in [0.2, 0.25) is 12.0 Å². The van der Waals surface area contributed by atoms with Gasteiger partial charge in [-0.1, -0.05) is 12.8 Å². The quantitative estimate of drug-likeness (QED) is 0.331. The Morgan fingerprint density at radius 2 is 1.88 bits per heavy atom. The molecule has 1 aromatic carbocycles. The summed E-state index contributed by atoms with van der Waals surface area (Å²) >= 11 is 0. The van der Waals surface area contributed by atoms with E-state index in [-0.39, 0.29) is 23.3 Å². The van der Waals surface area contributed by atoms with Gasteiger partial charge < -0.3 is 14.3 Å². The lowest BCUT2D eigenvalue weighted by molar-refractivity contribution is -0.905. The SMILES string of the molecule is O=C(Nc1cc[n+](O)cc1F)c1ccc(-c2c(-c3ccc(F)cc3)ncn2C2CCCC2)o1. The van der Waals surface area contributed by atoms with Crippen LogP contribution >= 0.6 is 0 Å². The Bertz CT molecular complexity index is 1310. The number of furan rings is 1. The number of pyridine rings is 1. The molecule has 1 aliphatic carbocycles. The van der Waals surface area contributed by atoms with E-state index in [1.807, 2.05) is 0 Å². The molecule has 1 aliphatic rings. The summed E-state index contributed by atoms with van der Waals surface area (Å²) < 4.78 is 36.0. The van der Waals surface area contributed by atoms with Crippen molar-refractivity contribution in [1.29, 1.82) is 0 Å². The smallest absolute Gasteiger partial charge is 0.291 e. The standard InChI is InChI=1S/C24H20F2N4O3/c25-16-7-5-15(6-8-16)22-23(30(14-27-22)17-3-1-2-4-17)20-9-10-21(33-20)24(31)28-19-11-12-29(32)13-18(19)26/h5-14,17,32H,1-4H2/p+1. The van der Waals surface area contributed by atoms with Crippen molar-refractivity contribution in [3.8, 4) is 22.7 Å². The van der Waals surface area contributed by atoms with Crippen molar-refractivity contribution in [2.24, 2.45) is 0 Å². The van der Waals surface area contributed by atoms with E-state index in [1.165, 1.54) is 30.5 Å². The third-order valence-corrected chi connectivity index (χ3v) is 5.84. The Kier molecular flexibility index (Phi) is 5.37. The Morgan fingerprint density at radius 1 is 1.12 bits per heavy atom. The molecular weight excluding hydrogens is 430 g/mol. The highest BCUT2D eigenvalue weighted by Crippen LogP contribution is 2.39. The highest BCUT2D eigenvalue weighted by atomic mass is 19.1. The number of hydrogen-bond donors (Lipinski definition) is 2. The molecule has 0 unspecified atom stereocenters. The van der Waals surface area contributed by atoms with Crippen molar-refractivity contribution >= 4 is 11.6 Å². The first-order valence-corrected chi connectivity index (χ1v) is 10.6. The highest BCUT2D eigenvalue weighted by molar-refractivity contribution is 6.02. The number of nitrogens with zero attached hydrogens (tertiary/aromatic N) is 3. The lowest BCUT2D eigenvalue weighted by atomic mass is 10.1. The average Bonchev–Trinajstić information content (AvgIpc) is 3.56. The van der Waals surface area contributed by atoms with E-state index in [4.69, 9.17) is 4.42 Å². The molecule has 3 heterocycles. The van der Waals surface area contributed by atoms with E-state index < -0.39 is 11.7 Å². The van der Waals surface area contributed by atoms with E-state index in [2.05, 4.69) is 14.9 Å². The topological polar surface area (TPSA) is 84.2 Å². The van der Waals surface area contributed by atoms with Gasteiger partial charge in [0.25, 0.3) is 12.1 Å². The third-order valence-electron chi connectivity index (χ3n) is 5.84. The van der Waals surface area contributed by atoms with Crippen LogP contribution in [0.5, 0.6) is 0 Å². The maximum Gasteiger partial charge on any atom is 0.291 e. The number of nitrogens with one attached hydrogen (secondary N) is 1. The third kappa shape index (κ3) is 4.09. The van der Waals surface area contributed by atoms with Crippen LogP contribution in [0.15, 0.2) is 65.6 Å². The van der Waals surface area contributed by atoms with Crippen molar-refractivity contribution < 1.29 is 27.9 Å². The molecule has 0 bridgehead atoms. The van der Waals surface area contributed by atoms with E-state index in [0.717, 1.165) is 37.4 Å². The zero-order valence-electron chi connectivity index (χ0n) is 17.5. The zero-order chi connectivity index (χ0) is 22.9. The molecular formula is C24H21F2N4O3+. The van der Waals surface area contributed by atoms with Crippen molar-refractivity contribution in [3.63, 3.8) is 0 Å². The van der Waals surface area contributed by atoms with E-state index in [9.17, 15) is 18.8 Å². The lowest BCUT2D eigenvalue weighted by Crippen LogP contribution is -2.29. The van der Waals surface area contributed by atoms with Gasteiger partial charge in [0.05, 0.1) is 17.7 Å². The fraction of sp³-hybridized carbons (Fsp3) is 0.208. The van der Waals surface area contributed by atoms with Crippen LogP contribution in [-0.2, 0) is 0 Å². The predicted octanol–water partition coefficient (Wildman–Crippen LogP) is 4.98. The molecule has 7 nitrogen and oxygen atoms in total. The Labute approximate surface area is 187 Å². The molecule has 168 valence electrons. The zero-order valence-corrected chi connectivity index (χ0v) is 17.5. The van der Waals surface area contributed by atoms with Crippen LogP contribution in [0.25, 0.3) is 22.7 Å². The molecule has 0 radical (unpaired) electrons. The number of imidazole rings is 1. The van der Waals surface area contributed by atoms with Gasteiger partial charge >= 0.3 is 0 Å². The summed E-state index contributed by atoms with van der Waals surface area (Å²) in [6, 6.07) is 10.7. The monoisotopic (exact) mass is 451 g/mol. The molecule has 1 fully saturated rings. The average molecular weight is 451 g/mol. The van der Waals surface area contributed by atoms with Crippen LogP contribution in [0.1, 0.15) is 42.3 Å². The number of carbonyl (C=O) groups is 1. The molecule has 33 heavy (non-hydrogen) atoms. The van der Waals surface area contributed by atoms with Crippen LogP contribution < -0.4 is 10.0 Å². The van der Waals surface area contributed by atoms with Crippen LogP contribution in [0.3, 0.4) is 0 Å². The fourth-order valence-corrected chi connectivity index (χ4v) is 4.22. The van der Waals surface area contributed by atoms with E-state index >= 15 is 0 Å². The van der Waals surface area contributed by atoms with E-state index in [1.54, 1.807) is 24.5 Å². The number of benzene rings is 1. The van der Waals surface area contributed by atoms with Gasteiger partial charge in [-0.15, -0.1) is 0 Å². The lowest BCUT2D eigenvalue weighted by Gasteiger charge is -2.15. The maximum atomic E-state index is 14.0. The fourth-order valence-electron chi connectivity index (χ4n) is 4.22. The number of rotatable bonds is 5. The van der Waals surface area contributed by atoms with Crippen molar-refractivity contribution in [3.05, 3.63) is 78.6 Å². The summed E-state index contributed by atoms with van der Waals surface area (Å²) in [5.74, 6) is -1.34. The van der Waals surface area contributed by atoms with Crippen LogP contribution in [0.4, 0.5) is 14.5 Å². The summed E-state index contributed by atoms with van der Waals surface area (Å²) in [4.78, 5) is 17.2. The maximum absolute atomic E-state index is 14.0. The molecule has 3 aromatic heterocycles. The summed E-state index contributed by atoms with van der Waals surface area (Å²) in [7, 11) is 0. The number of hydrogen-bond acceptors (Lipinski definition) is 4. The van der Waals surface area contributed by atoms with Gasteiger partial charge in [-0.2, -0.15) is 4.39 Å². The number of halogens is 2. The van der Waals surface area contributed by atoms with Gasteiger partial charge in [0.1, 0.15) is 11.5 Å². The number of carbonyl (C=O) groups excluding carboxylic acids is 1. The minimum absolute atomic E-state index is 0.00523. The minimum atomic E-state index is -0.793. The molecule has 2 N–H and O–H groups in total. The minimum Gasteiger partial charge on any atom is -0.449 e. The second-order valence-corrected chi connectivity index (χ2v) is 8.00. The molecule has 1 saturated carbocycles. The molecule has 0 atom stereocenters. The Balaban J connectivity index is 1.50. The van der Waals surface area contributed by atoms with Crippen LogP contribution in [0.2, 0.25) is 0 Å². The molecule has 0 saturated heterocycles. The van der Waals surface area contributed by atoms with E-state index in [0.29, 0.717) is 21.9 Å². The van der Waals surface area contributed by atoms with Crippen LogP contribution in [-0.4, -0.2) is 20.7 Å². The first-order valence-electron chi connectivity index (χ1n) is 10.6. The largest absolute Gasteiger partial charge is 0.449 e. The Hall–Kier alpha value is -4.01. The highest BCUT2D eigenvalue weighted by Gasteiger charge is 2.26. The van der Waals surface area contributed by atoms with Gasteiger partial charge in [0.15, 0.2) is 11.5 Å². The van der Waals surface area contributed by atoms with Gasteiger partial charge in [-0.3, -0.25) is 10.0 Å². The summed E-state index contributed by atoms with van der Waals surface area (Å²) in [6.45, 7) is 0. The molecule has 4 aromatic rings. The Morgan fingerprint density at radius 3 is 2.61 bits per heavy atom. The molecule has 5 rings (SSSR count). The molecule has 0 aliphatic heterocycles. The predicted molar refractivity (Wildman–Crippen MR) is 115 cm³/mol. The normalized spacial score (nSPS) is 14.0. The van der Waals surface area contributed by atoms with Crippen molar-refractivity contribution in [2.45, 2.75) is 31.7 Å². The van der Waals surface area contributed by atoms with Gasteiger partial charge in [-0.25, -0.2) is 9.37 Å². The first kappa shape index (κ1) is 20.9. The van der Waals surface area contributed by atoms with Crippen molar-refractivity contribution in [2.75, 3.05) is 5.32 Å². The molecule has 0 spiro atoms. The number of aromatic nitrogens is 3. The molecule has 1 amide bonds. The van der Waals surface area contributed by atoms with Crippen LogP contribution in [0, 0.1) is 11.6 Å². The summed E-state index contributed by atoms with van der Waals surface area (Å²) in [6.07, 6.45) is 8.05. The second kappa shape index (κ2) is 8.50. The van der Waals surface area contributed by atoms with Gasteiger partial charge in [0, 0.05) is 22.4 Å². The number of amides is 1. The van der Waals surface area contributed by atoms with Crippen molar-refractivity contribution in [1.82, 2.24) is 9.55 Å². The summed E-state index contributed by atoms with van der Waals surface area (Å²) in [5, 5.41) is 11.7. The number of anilines is 1. The summed E-state index contributed by atoms with van der Waals surface area (Å²) in [5.41, 5.74) is 1.98. The second-order valence-electron chi connectivity index (χ2n) is 8.00. The van der Waals surface area contributed by atoms with Gasteiger partial charge in [-0.05, 0) is 49.2 Å². The molecule has 9 heteroatoms.